The van der Waals surface area contributed by atoms with Crippen molar-refractivity contribution in [2.75, 3.05) is 18.9 Å². The summed E-state index contributed by atoms with van der Waals surface area (Å²) in [7, 11) is 1.88. The van der Waals surface area contributed by atoms with Gasteiger partial charge in [0.1, 0.15) is 12.4 Å². The third-order valence-electron chi connectivity index (χ3n) is 3.10. The minimum absolute atomic E-state index is 0.190. The number of carbonyl (C=O) groups excluding carboxylic acids is 1. The number of hydrogen-bond donors (Lipinski definition) is 2. The standard InChI is InChI=1S/C16H15Cl2FN2O/c1-21(9-11-6-7-12(17)13(18)8-11)10-16(22)20-15-5-3-2-4-14(15)19/h2-8H,9-10H2,1H3,(H,20,22)/p+1. The number of anilines is 1. The molecule has 2 N–H and O–H groups in total. The molecule has 0 aromatic heterocycles. The van der Waals surface area contributed by atoms with E-state index in [0.29, 0.717) is 16.6 Å². The third kappa shape index (κ3) is 4.70. The highest BCUT2D eigenvalue weighted by Gasteiger charge is 2.13. The summed E-state index contributed by atoms with van der Waals surface area (Å²) in [6.07, 6.45) is 0. The van der Waals surface area contributed by atoms with Gasteiger partial charge in [-0.05, 0) is 24.3 Å². The fourth-order valence-corrected chi connectivity index (χ4v) is 2.41. The van der Waals surface area contributed by atoms with Gasteiger partial charge in [0.15, 0.2) is 6.54 Å². The van der Waals surface area contributed by atoms with Crippen LogP contribution in [0.5, 0.6) is 0 Å². The largest absolute Gasteiger partial charge is 0.326 e. The zero-order valence-electron chi connectivity index (χ0n) is 12.0. The molecule has 2 aromatic carbocycles. The van der Waals surface area contributed by atoms with Gasteiger partial charge in [-0.1, -0.05) is 41.4 Å². The van der Waals surface area contributed by atoms with E-state index in [1.807, 2.05) is 13.1 Å². The highest BCUT2D eigenvalue weighted by molar-refractivity contribution is 6.42. The van der Waals surface area contributed by atoms with Crippen LogP contribution in [0, 0.1) is 5.82 Å². The number of likely N-dealkylation sites (N-methyl/N-ethyl adjacent to an activating group) is 1. The van der Waals surface area contributed by atoms with Crippen molar-refractivity contribution >= 4 is 34.8 Å². The first-order valence-electron chi connectivity index (χ1n) is 6.75. The van der Waals surface area contributed by atoms with E-state index in [1.54, 1.807) is 24.3 Å². The number of benzene rings is 2. The van der Waals surface area contributed by atoms with Gasteiger partial charge >= 0.3 is 0 Å². The predicted molar refractivity (Wildman–Crippen MR) is 86.9 cm³/mol. The maximum atomic E-state index is 13.5. The zero-order chi connectivity index (χ0) is 16.1. The molecule has 6 heteroatoms. The quantitative estimate of drug-likeness (QED) is 0.861. The van der Waals surface area contributed by atoms with Gasteiger partial charge in [-0.3, -0.25) is 4.79 Å². The molecular formula is C16H16Cl2FN2O+. The maximum Gasteiger partial charge on any atom is 0.279 e. The molecular weight excluding hydrogens is 326 g/mol. The Morgan fingerprint density at radius 2 is 1.91 bits per heavy atom. The maximum absolute atomic E-state index is 13.5. The first-order valence-corrected chi connectivity index (χ1v) is 7.51. The Morgan fingerprint density at radius 1 is 1.18 bits per heavy atom. The average Bonchev–Trinajstić information content (AvgIpc) is 2.45. The summed E-state index contributed by atoms with van der Waals surface area (Å²) in [5.41, 5.74) is 1.17. The number of halogens is 3. The lowest BCUT2D eigenvalue weighted by Gasteiger charge is -2.14. The first-order chi connectivity index (χ1) is 10.5. The summed E-state index contributed by atoms with van der Waals surface area (Å²) >= 11 is 11.8. The van der Waals surface area contributed by atoms with E-state index in [2.05, 4.69) is 5.32 Å². The molecule has 0 spiro atoms. The topological polar surface area (TPSA) is 33.5 Å². The molecule has 1 unspecified atom stereocenters. The van der Waals surface area contributed by atoms with Crippen molar-refractivity contribution in [1.29, 1.82) is 0 Å². The molecule has 0 aliphatic carbocycles. The van der Waals surface area contributed by atoms with Gasteiger partial charge in [-0.2, -0.15) is 0 Å². The van der Waals surface area contributed by atoms with Crippen molar-refractivity contribution in [3.8, 4) is 0 Å². The van der Waals surface area contributed by atoms with E-state index in [4.69, 9.17) is 23.2 Å². The molecule has 0 aliphatic heterocycles. The number of carbonyl (C=O) groups is 1. The monoisotopic (exact) mass is 341 g/mol. The molecule has 0 aliphatic rings. The molecule has 116 valence electrons. The van der Waals surface area contributed by atoms with E-state index in [9.17, 15) is 9.18 Å². The van der Waals surface area contributed by atoms with Gasteiger partial charge in [0.25, 0.3) is 5.91 Å². The zero-order valence-corrected chi connectivity index (χ0v) is 13.5. The second-order valence-electron chi connectivity index (χ2n) is 5.09. The molecule has 0 heterocycles. The normalized spacial score (nSPS) is 12.0. The second-order valence-corrected chi connectivity index (χ2v) is 5.90. The fraction of sp³-hybridized carbons (Fsp3) is 0.188. The minimum Gasteiger partial charge on any atom is -0.326 e. The Bertz CT molecular complexity index is 679. The van der Waals surface area contributed by atoms with Crippen molar-refractivity contribution in [1.82, 2.24) is 0 Å². The lowest BCUT2D eigenvalue weighted by Crippen LogP contribution is -3.08. The first kappa shape index (κ1) is 16.7. The van der Waals surface area contributed by atoms with Crippen LogP contribution in [-0.4, -0.2) is 19.5 Å². The smallest absolute Gasteiger partial charge is 0.279 e. The van der Waals surface area contributed by atoms with Gasteiger partial charge in [0.05, 0.1) is 22.8 Å². The summed E-state index contributed by atoms with van der Waals surface area (Å²) in [6.45, 7) is 0.830. The predicted octanol–water partition coefficient (Wildman–Crippen LogP) is 2.79. The van der Waals surface area contributed by atoms with Crippen LogP contribution in [0.2, 0.25) is 10.0 Å². The summed E-state index contributed by atoms with van der Waals surface area (Å²) in [5, 5.41) is 3.55. The van der Waals surface area contributed by atoms with Gasteiger partial charge in [0.2, 0.25) is 0 Å². The van der Waals surface area contributed by atoms with Crippen LogP contribution in [0.3, 0.4) is 0 Å². The van der Waals surface area contributed by atoms with Gasteiger partial charge < -0.3 is 10.2 Å². The SMILES string of the molecule is C[NH+](CC(=O)Nc1ccccc1F)Cc1ccc(Cl)c(Cl)c1. The Hall–Kier alpha value is -1.62. The van der Waals surface area contributed by atoms with Crippen LogP contribution in [0.15, 0.2) is 42.5 Å². The summed E-state index contributed by atoms with van der Waals surface area (Å²) < 4.78 is 13.5. The van der Waals surface area contributed by atoms with Crippen molar-refractivity contribution in [2.45, 2.75) is 6.54 Å². The molecule has 0 fully saturated rings. The summed E-state index contributed by atoms with van der Waals surface area (Å²) in [6, 6.07) is 11.5. The van der Waals surface area contributed by atoms with E-state index in [-0.39, 0.29) is 18.1 Å². The molecule has 0 radical (unpaired) electrons. The number of rotatable bonds is 5. The van der Waals surface area contributed by atoms with E-state index in [0.717, 1.165) is 10.5 Å². The Labute approximate surface area is 138 Å². The molecule has 0 saturated carbocycles. The van der Waals surface area contributed by atoms with Crippen LogP contribution >= 0.6 is 23.2 Å². The third-order valence-corrected chi connectivity index (χ3v) is 3.84. The van der Waals surface area contributed by atoms with Crippen molar-refractivity contribution < 1.29 is 14.1 Å². The number of nitrogens with one attached hydrogen (secondary N) is 2. The molecule has 2 aromatic rings. The van der Waals surface area contributed by atoms with Crippen LogP contribution in [0.1, 0.15) is 5.56 Å². The Balaban J connectivity index is 1.91. The van der Waals surface area contributed by atoms with Crippen molar-refractivity contribution in [2.24, 2.45) is 0 Å². The molecule has 22 heavy (non-hydrogen) atoms. The van der Waals surface area contributed by atoms with Crippen LogP contribution in [-0.2, 0) is 11.3 Å². The van der Waals surface area contributed by atoms with E-state index < -0.39 is 5.82 Å². The van der Waals surface area contributed by atoms with Crippen LogP contribution in [0.25, 0.3) is 0 Å². The number of amides is 1. The van der Waals surface area contributed by atoms with Crippen molar-refractivity contribution in [3.63, 3.8) is 0 Å². The molecule has 1 amide bonds. The van der Waals surface area contributed by atoms with E-state index in [1.165, 1.54) is 12.1 Å². The van der Waals surface area contributed by atoms with Gasteiger partial charge in [-0.15, -0.1) is 0 Å². The lowest BCUT2D eigenvalue weighted by atomic mass is 10.2. The molecule has 2 rings (SSSR count). The second kappa shape index (κ2) is 7.58. The molecule has 3 nitrogen and oxygen atoms in total. The number of para-hydroxylation sites is 1. The fourth-order valence-electron chi connectivity index (χ4n) is 2.09. The lowest BCUT2D eigenvalue weighted by molar-refractivity contribution is -0.885. The minimum atomic E-state index is -0.446. The number of hydrogen-bond acceptors (Lipinski definition) is 1. The van der Waals surface area contributed by atoms with Crippen molar-refractivity contribution in [3.05, 3.63) is 63.9 Å². The van der Waals surface area contributed by atoms with E-state index >= 15 is 0 Å². The number of quaternary nitrogens is 1. The highest BCUT2D eigenvalue weighted by atomic mass is 35.5. The Morgan fingerprint density at radius 3 is 2.59 bits per heavy atom. The summed E-state index contributed by atoms with van der Waals surface area (Å²) in [4.78, 5) is 12.9. The van der Waals surface area contributed by atoms with Crippen LogP contribution < -0.4 is 10.2 Å². The van der Waals surface area contributed by atoms with Gasteiger partial charge in [0, 0.05) is 5.56 Å². The molecule has 1 atom stereocenters. The summed E-state index contributed by atoms with van der Waals surface area (Å²) in [5.74, 6) is -0.694. The highest BCUT2D eigenvalue weighted by Crippen LogP contribution is 2.22. The van der Waals surface area contributed by atoms with Crippen LogP contribution in [0.4, 0.5) is 10.1 Å². The molecule has 0 saturated heterocycles. The Kier molecular flexibility index (Phi) is 5.77. The average molecular weight is 342 g/mol. The molecule has 0 bridgehead atoms. The van der Waals surface area contributed by atoms with Gasteiger partial charge in [-0.25, -0.2) is 4.39 Å².